The fourth-order valence-electron chi connectivity index (χ4n) is 2.49. The number of rotatable bonds is 2. The summed E-state index contributed by atoms with van der Waals surface area (Å²) in [4.78, 5) is 11.9. The van der Waals surface area contributed by atoms with E-state index in [0.717, 1.165) is 23.1 Å². The van der Waals surface area contributed by atoms with Gasteiger partial charge >= 0.3 is 5.97 Å². The van der Waals surface area contributed by atoms with Crippen LogP contribution in [0.1, 0.15) is 23.5 Å². The number of hydrogen-bond donors (Lipinski definition) is 0. The molecule has 0 unspecified atom stereocenters. The molecule has 0 aliphatic carbocycles. The van der Waals surface area contributed by atoms with Crippen molar-refractivity contribution >= 4 is 12.0 Å². The number of benzene rings is 2. The zero-order valence-corrected chi connectivity index (χ0v) is 11.2. The normalized spacial score (nSPS) is 20.7. The second-order valence-electron chi connectivity index (χ2n) is 4.99. The minimum atomic E-state index is -0.181. The van der Waals surface area contributed by atoms with Crippen LogP contribution in [0.4, 0.5) is 0 Å². The zero-order chi connectivity index (χ0) is 13.8. The molecule has 0 bridgehead atoms. The standard InChI is InChI=1S/C18H16O2/c19-18-17(16-9-5-2-6-10-16)12-15(13-20-18)11-14-7-3-1-4-8-14/h1-11,17H,12-13H2/b15-11-/t17-/m1/s1. The van der Waals surface area contributed by atoms with Gasteiger partial charge in [0.25, 0.3) is 0 Å². The minimum Gasteiger partial charge on any atom is -0.461 e. The van der Waals surface area contributed by atoms with E-state index in [1.807, 2.05) is 48.5 Å². The summed E-state index contributed by atoms with van der Waals surface area (Å²) < 4.78 is 5.32. The lowest BCUT2D eigenvalue weighted by Gasteiger charge is -2.23. The maximum absolute atomic E-state index is 11.9. The van der Waals surface area contributed by atoms with Crippen molar-refractivity contribution in [2.45, 2.75) is 12.3 Å². The van der Waals surface area contributed by atoms with Gasteiger partial charge < -0.3 is 4.74 Å². The number of esters is 1. The lowest BCUT2D eigenvalue weighted by Crippen LogP contribution is -2.24. The van der Waals surface area contributed by atoms with Crippen LogP contribution >= 0.6 is 0 Å². The van der Waals surface area contributed by atoms with Gasteiger partial charge in [0.2, 0.25) is 0 Å². The molecule has 0 radical (unpaired) electrons. The van der Waals surface area contributed by atoms with Crippen molar-refractivity contribution in [3.05, 3.63) is 77.4 Å². The van der Waals surface area contributed by atoms with Gasteiger partial charge in [0.15, 0.2) is 0 Å². The predicted octanol–water partition coefficient (Wildman–Crippen LogP) is 3.80. The molecular weight excluding hydrogens is 248 g/mol. The zero-order valence-electron chi connectivity index (χ0n) is 11.2. The van der Waals surface area contributed by atoms with Gasteiger partial charge in [0.1, 0.15) is 6.61 Å². The first-order valence-corrected chi connectivity index (χ1v) is 6.79. The van der Waals surface area contributed by atoms with Crippen molar-refractivity contribution in [2.24, 2.45) is 0 Å². The van der Waals surface area contributed by atoms with E-state index < -0.39 is 0 Å². The third-order valence-electron chi connectivity index (χ3n) is 3.52. The molecule has 0 saturated carbocycles. The topological polar surface area (TPSA) is 26.3 Å². The second kappa shape index (κ2) is 5.74. The molecule has 1 aliphatic rings. The van der Waals surface area contributed by atoms with E-state index >= 15 is 0 Å². The number of cyclic esters (lactones) is 1. The van der Waals surface area contributed by atoms with E-state index in [-0.39, 0.29) is 11.9 Å². The Morgan fingerprint density at radius 3 is 2.30 bits per heavy atom. The van der Waals surface area contributed by atoms with Crippen LogP contribution in [0.2, 0.25) is 0 Å². The molecule has 0 N–H and O–H groups in total. The van der Waals surface area contributed by atoms with Crippen LogP contribution in [0.3, 0.4) is 0 Å². The quantitative estimate of drug-likeness (QED) is 0.771. The van der Waals surface area contributed by atoms with E-state index in [9.17, 15) is 4.79 Å². The molecule has 1 atom stereocenters. The van der Waals surface area contributed by atoms with Crippen molar-refractivity contribution in [1.82, 2.24) is 0 Å². The van der Waals surface area contributed by atoms with Crippen molar-refractivity contribution in [2.75, 3.05) is 6.61 Å². The summed E-state index contributed by atoms with van der Waals surface area (Å²) in [5, 5.41) is 0. The van der Waals surface area contributed by atoms with Gasteiger partial charge in [-0.15, -0.1) is 0 Å². The van der Waals surface area contributed by atoms with Crippen molar-refractivity contribution < 1.29 is 9.53 Å². The molecule has 1 aliphatic heterocycles. The van der Waals surface area contributed by atoms with E-state index in [1.54, 1.807) is 0 Å². The molecule has 1 fully saturated rings. The van der Waals surface area contributed by atoms with Crippen LogP contribution in [0.25, 0.3) is 6.08 Å². The average Bonchev–Trinajstić information content (AvgIpc) is 2.51. The third kappa shape index (κ3) is 2.80. The Bertz CT molecular complexity index is 614. The van der Waals surface area contributed by atoms with Crippen molar-refractivity contribution in [3.8, 4) is 0 Å². The molecule has 1 heterocycles. The van der Waals surface area contributed by atoms with Crippen LogP contribution in [-0.2, 0) is 9.53 Å². The van der Waals surface area contributed by atoms with Gasteiger partial charge in [-0.25, -0.2) is 0 Å². The Labute approximate surface area is 118 Å². The Kier molecular flexibility index (Phi) is 3.64. The second-order valence-corrected chi connectivity index (χ2v) is 4.99. The Morgan fingerprint density at radius 1 is 0.950 bits per heavy atom. The first kappa shape index (κ1) is 12.7. The summed E-state index contributed by atoms with van der Waals surface area (Å²) in [6.07, 6.45) is 2.85. The van der Waals surface area contributed by atoms with Gasteiger partial charge in [-0.1, -0.05) is 66.7 Å². The molecule has 0 amide bonds. The van der Waals surface area contributed by atoms with Crippen LogP contribution in [-0.4, -0.2) is 12.6 Å². The Hall–Kier alpha value is -2.35. The summed E-state index contributed by atoms with van der Waals surface area (Å²) in [6, 6.07) is 20.0. The highest BCUT2D eigenvalue weighted by molar-refractivity contribution is 5.80. The smallest absolute Gasteiger partial charge is 0.314 e. The van der Waals surface area contributed by atoms with Crippen LogP contribution in [0, 0.1) is 0 Å². The first-order chi connectivity index (χ1) is 9.83. The Balaban J connectivity index is 1.83. The maximum Gasteiger partial charge on any atom is 0.314 e. The fourth-order valence-corrected chi connectivity index (χ4v) is 2.49. The largest absolute Gasteiger partial charge is 0.461 e. The number of ether oxygens (including phenoxy) is 1. The third-order valence-corrected chi connectivity index (χ3v) is 3.52. The van der Waals surface area contributed by atoms with Crippen LogP contribution < -0.4 is 0 Å². The highest BCUT2D eigenvalue weighted by atomic mass is 16.5. The number of carbonyl (C=O) groups excluding carboxylic acids is 1. The average molecular weight is 264 g/mol. The highest BCUT2D eigenvalue weighted by Crippen LogP contribution is 2.30. The van der Waals surface area contributed by atoms with Crippen molar-refractivity contribution in [3.63, 3.8) is 0 Å². The highest BCUT2D eigenvalue weighted by Gasteiger charge is 2.28. The molecule has 3 rings (SSSR count). The van der Waals surface area contributed by atoms with E-state index in [4.69, 9.17) is 4.74 Å². The molecule has 2 heteroatoms. The predicted molar refractivity (Wildman–Crippen MR) is 79.2 cm³/mol. The monoisotopic (exact) mass is 264 g/mol. The molecule has 2 aromatic carbocycles. The number of carbonyl (C=O) groups is 1. The molecule has 20 heavy (non-hydrogen) atoms. The first-order valence-electron chi connectivity index (χ1n) is 6.79. The minimum absolute atomic E-state index is 0.124. The number of hydrogen-bond acceptors (Lipinski definition) is 2. The van der Waals surface area contributed by atoms with Gasteiger partial charge in [0.05, 0.1) is 5.92 Å². The molecule has 2 aromatic rings. The molecule has 2 nitrogen and oxygen atoms in total. The molecular formula is C18H16O2. The van der Waals surface area contributed by atoms with Crippen LogP contribution in [0.5, 0.6) is 0 Å². The summed E-state index contributed by atoms with van der Waals surface area (Å²) in [5.74, 6) is -0.304. The summed E-state index contributed by atoms with van der Waals surface area (Å²) in [6.45, 7) is 0.400. The summed E-state index contributed by atoms with van der Waals surface area (Å²) in [7, 11) is 0. The molecule has 1 saturated heterocycles. The SMILES string of the molecule is O=C1OC/C(=C\c2ccccc2)C[C@@H]1c1ccccc1. The van der Waals surface area contributed by atoms with E-state index in [1.165, 1.54) is 0 Å². The molecule has 0 aromatic heterocycles. The summed E-state index contributed by atoms with van der Waals surface area (Å²) >= 11 is 0. The van der Waals surface area contributed by atoms with Gasteiger partial charge in [0, 0.05) is 0 Å². The van der Waals surface area contributed by atoms with Gasteiger partial charge in [-0.2, -0.15) is 0 Å². The molecule has 0 spiro atoms. The lowest BCUT2D eigenvalue weighted by atomic mass is 9.89. The van der Waals surface area contributed by atoms with Gasteiger partial charge in [-0.05, 0) is 23.1 Å². The fraction of sp³-hybridized carbons (Fsp3) is 0.167. The Morgan fingerprint density at radius 2 is 1.60 bits per heavy atom. The maximum atomic E-state index is 11.9. The van der Waals surface area contributed by atoms with Crippen LogP contribution in [0.15, 0.2) is 66.2 Å². The summed E-state index contributed by atoms with van der Waals surface area (Å²) in [5.41, 5.74) is 3.33. The molecule has 100 valence electrons. The van der Waals surface area contributed by atoms with Crippen molar-refractivity contribution in [1.29, 1.82) is 0 Å². The van der Waals surface area contributed by atoms with Gasteiger partial charge in [-0.3, -0.25) is 4.79 Å². The van der Waals surface area contributed by atoms with E-state index in [0.29, 0.717) is 6.61 Å². The van der Waals surface area contributed by atoms with E-state index in [2.05, 4.69) is 18.2 Å². The lowest BCUT2D eigenvalue weighted by molar-refractivity contribution is -0.146.